The first-order valence-electron chi connectivity index (χ1n) is 10.4. The number of anilines is 3. The van der Waals surface area contributed by atoms with Gasteiger partial charge in [0.25, 0.3) is 0 Å². The predicted molar refractivity (Wildman–Crippen MR) is 130 cm³/mol. The van der Waals surface area contributed by atoms with E-state index in [1.807, 2.05) is 44.4 Å². The van der Waals surface area contributed by atoms with Crippen LogP contribution in [0.25, 0.3) is 11.3 Å². The zero-order valence-corrected chi connectivity index (χ0v) is 18.6. The van der Waals surface area contributed by atoms with E-state index in [0.29, 0.717) is 35.5 Å². The van der Waals surface area contributed by atoms with Crippen LogP contribution in [-0.2, 0) is 6.54 Å². The summed E-state index contributed by atoms with van der Waals surface area (Å²) in [5.41, 5.74) is 4.54. The first-order chi connectivity index (χ1) is 16.5. The van der Waals surface area contributed by atoms with Gasteiger partial charge >= 0.3 is 5.97 Å². The van der Waals surface area contributed by atoms with Gasteiger partial charge in [0.2, 0.25) is 17.8 Å². The van der Waals surface area contributed by atoms with E-state index in [1.54, 1.807) is 35.2 Å². The standard InChI is InChI=1S/C24H23N7O3/c1-31(2)24-28-22(25-14-16-8-4-3-5-9-16)27-23(29-24)30-26-15-17-12-13-20(34-17)18-10-6-7-11-19(18)21(32)33/h3-13,15H,14H2,1-2H3,(H,32,33)(H2,25,27,28,29,30)/b26-15-. The van der Waals surface area contributed by atoms with Gasteiger partial charge in [-0.05, 0) is 23.8 Å². The van der Waals surface area contributed by atoms with Crippen molar-refractivity contribution in [2.24, 2.45) is 5.10 Å². The summed E-state index contributed by atoms with van der Waals surface area (Å²) in [6.07, 6.45) is 1.46. The van der Waals surface area contributed by atoms with Crippen LogP contribution in [0.3, 0.4) is 0 Å². The molecule has 0 saturated heterocycles. The van der Waals surface area contributed by atoms with Crippen molar-refractivity contribution in [3.8, 4) is 11.3 Å². The fraction of sp³-hybridized carbons (Fsp3) is 0.125. The Morgan fingerprint density at radius 2 is 1.74 bits per heavy atom. The molecule has 0 radical (unpaired) electrons. The first-order valence-corrected chi connectivity index (χ1v) is 10.4. The lowest BCUT2D eigenvalue weighted by molar-refractivity contribution is 0.0697. The van der Waals surface area contributed by atoms with Crippen molar-refractivity contribution >= 4 is 30.0 Å². The van der Waals surface area contributed by atoms with Gasteiger partial charge in [0.05, 0.1) is 11.8 Å². The lowest BCUT2D eigenvalue weighted by atomic mass is 10.1. The van der Waals surface area contributed by atoms with E-state index in [9.17, 15) is 9.90 Å². The van der Waals surface area contributed by atoms with Gasteiger partial charge in [-0.3, -0.25) is 0 Å². The van der Waals surface area contributed by atoms with Crippen molar-refractivity contribution in [1.29, 1.82) is 0 Å². The molecule has 0 saturated carbocycles. The third-order valence-corrected chi connectivity index (χ3v) is 4.72. The Balaban J connectivity index is 1.47. The molecule has 3 N–H and O–H groups in total. The number of carbonyl (C=O) groups is 1. The van der Waals surface area contributed by atoms with Crippen LogP contribution >= 0.6 is 0 Å². The summed E-state index contributed by atoms with van der Waals surface area (Å²) in [6.45, 7) is 0.563. The maximum atomic E-state index is 11.5. The highest BCUT2D eigenvalue weighted by Crippen LogP contribution is 2.25. The molecule has 0 aliphatic heterocycles. The molecule has 34 heavy (non-hydrogen) atoms. The number of hydrogen-bond donors (Lipinski definition) is 3. The number of carboxylic acid groups (broad SMARTS) is 1. The predicted octanol–water partition coefficient (Wildman–Crippen LogP) is 3.95. The van der Waals surface area contributed by atoms with E-state index in [-0.39, 0.29) is 11.5 Å². The summed E-state index contributed by atoms with van der Waals surface area (Å²) >= 11 is 0. The Hall–Kier alpha value is -4.73. The number of benzene rings is 2. The van der Waals surface area contributed by atoms with Crippen LogP contribution < -0.4 is 15.6 Å². The second-order valence-electron chi connectivity index (χ2n) is 7.44. The van der Waals surface area contributed by atoms with Crippen molar-refractivity contribution in [1.82, 2.24) is 15.0 Å². The zero-order valence-electron chi connectivity index (χ0n) is 18.6. The molecule has 2 heterocycles. The van der Waals surface area contributed by atoms with E-state index in [4.69, 9.17) is 4.42 Å². The van der Waals surface area contributed by atoms with Crippen molar-refractivity contribution in [3.63, 3.8) is 0 Å². The van der Waals surface area contributed by atoms with Crippen molar-refractivity contribution < 1.29 is 14.3 Å². The molecule has 10 heteroatoms. The van der Waals surface area contributed by atoms with E-state index < -0.39 is 5.97 Å². The fourth-order valence-electron chi connectivity index (χ4n) is 3.08. The molecule has 0 atom stereocenters. The van der Waals surface area contributed by atoms with Crippen LogP contribution in [0.4, 0.5) is 17.8 Å². The summed E-state index contributed by atoms with van der Waals surface area (Å²) in [7, 11) is 3.67. The lowest BCUT2D eigenvalue weighted by Crippen LogP contribution is -2.16. The van der Waals surface area contributed by atoms with Crippen LogP contribution in [-0.4, -0.2) is 46.3 Å². The van der Waals surface area contributed by atoms with Crippen molar-refractivity contribution in [2.75, 3.05) is 29.7 Å². The molecule has 2 aromatic carbocycles. The first kappa shape index (κ1) is 22.5. The molecule has 0 unspecified atom stereocenters. The monoisotopic (exact) mass is 457 g/mol. The average molecular weight is 457 g/mol. The Morgan fingerprint density at radius 3 is 2.50 bits per heavy atom. The molecule has 10 nitrogen and oxygen atoms in total. The van der Waals surface area contributed by atoms with Gasteiger partial charge in [-0.2, -0.15) is 20.1 Å². The van der Waals surface area contributed by atoms with Crippen molar-refractivity contribution in [2.45, 2.75) is 6.54 Å². The third kappa shape index (κ3) is 5.54. The van der Waals surface area contributed by atoms with Crippen LogP contribution in [0, 0.1) is 0 Å². The van der Waals surface area contributed by atoms with E-state index in [1.165, 1.54) is 12.3 Å². The topological polar surface area (TPSA) is 129 Å². The average Bonchev–Trinajstić information content (AvgIpc) is 3.32. The van der Waals surface area contributed by atoms with E-state index in [2.05, 4.69) is 30.8 Å². The normalized spacial score (nSPS) is 10.9. The third-order valence-electron chi connectivity index (χ3n) is 4.72. The fourth-order valence-corrected chi connectivity index (χ4v) is 3.08. The maximum absolute atomic E-state index is 11.5. The molecule has 0 aliphatic carbocycles. The van der Waals surface area contributed by atoms with E-state index >= 15 is 0 Å². The number of rotatable bonds is 9. The molecule has 4 aromatic rings. The van der Waals surface area contributed by atoms with Crippen LogP contribution in [0.15, 0.2) is 76.2 Å². The second kappa shape index (κ2) is 10.3. The summed E-state index contributed by atoms with van der Waals surface area (Å²) in [5.74, 6) is 0.981. The maximum Gasteiger partial charge on any atom is 0.336 e. The molecule has 0 fully saturated rings. The summed E-state index contributed by atoms with van der Waals surface area (Å²) in [5, 5.41) is 16.7. The summed E-state index contributed by atoms with van der Waals surface area (Å²) < 4.78 is 5.75. The molecule has 0 spiro atoms. The highest BCUT2D eigenvalue weighted by atomic mass is 16.4. The Morgan fingerprint density at radius 1 is 1.00 bits per heavy atom. The van der Waals surface area contributed by atoms with Crippen LogP contribution in [0.1, 0.15) is 21.7 Å². The van der Waals surface area contributed by atoms with Gasteiger partial charge in [-0.1, -0.05) is 48.5 Å². The number of aromatic nitrogens is 3. The van der Waals surface area contributed by atoms with Crippen LogP contribution in [0.5, 0.6) is 0 Å². The smallest absolute Gasteiger partial charge is 0.336 e. The lowest BCUT2D eigenvalue weighted by Gasteiger charge is -2.13. The number of nitrogens with one attached hydrogen (secondary N) is 2. The largest absolute Gasteiger partial charge is 0.478 e. The summed E-state index contributed by atoms with van der Waals surface area (Å²) in [6, 6.07) is 20.0. The highest BCUT2D eigenvalue weighted by molar-refractivity contribution is 5.95. The van der Waals surface area contributed by atoms with Gasteiger partial charge in [0.15, 0.2) is 0 Å². The number of carboxylic acids is 1. The Labute approximate surface area is 196 Å². The molecule has 2 aromatic heterocycles. The number of aromatic carboxylic acids is 1. The van der Waals surface area contributed by atoms with Crippen LogP contribution in [0.2, 0.25) is 0 Å². The molecule has 0 bridgehead atoms. The molecular formula is C24H23N7O3. The molecule has 4 rings (SSSR count). The molecule has 0 aliphatic rings. The summed E-state index contributed by atoms with van der Waals surface area (Å²) in [4.78, 5) is 26.3. The number of hydrogen-bond acceptors (Lipinski definition) is 9. The van der Waals surface area contributed by atoms with E-state index in [0.717, 1.165) is 5.56 Å². The molecule has 0 amide bonds. The number of furan rings is 1. The molecule has 172 valence electrons. The Bertz CT molecular complexity index is 1300. The van der Waals surface area contributed by atoms with Gasteiger partial charge < -0.3 is 19.7 Å². The molecular weight excluding hydrogens is 434 g/mol. The minimum atomic E-state index is -1.02. The highest BCUT2D eigenvalue weighted by Gasteiger charge is 2.13. The number of nitrogens with zero attached hydrogens (tertiary/aromatic N) is 5. The quantitative estimate of drug-likeness (QED) is 0.253. The van der Waals surface area contributed by atoms with Gasteiger partial charge in [0.1, 0.15) is 11.5 Å². The number of hydrazone groups is 1. The van der Waals surface area contributed by atoms with Gasteiger partial charge in [0, 0.05) is 26.2 Å². The Kier molecular flexibility index (Phi) is 6.78. The zero-order chi connectivity index (χ0) is 23.9. The minimum absolute atomic E-state index is 0.162. The minimum Gasteiger partial charge on any atom is -0.478 e. The van der Waals surface area contributed by atoms with Gasteiger partial charge in [-0.25, -0.2) is 10.2 Å². The van der Waals surface area contributed by atoms with Crippen molar-refractivity contribution in [3.05, 3.63) is 83.6 Å². The SMILES string of the molecule is CN(C)c1nc(NCc2ccccc2)nc(N/N=C\c2ccc(-c3ccccc3C(=O)O)o2)n1. The second-order valence-corrected chi connectivity index (χ2v) is 7.44. The van der Waals surface area contributed by atoms with Gasteiger partial charge in [-0.15, -0.1) is 0 Å².